The third kappa shape index (κ3) is 2.74. The molecule has 0 spiro atoms. The van der Waals surface area contributed by atoms with E-state index in [0.29, 0.717) is 6.42 Å². The molecule has 0 aromatic heterocycles. The topological polar surface area (TPSA) is 66.4 Å². The molecule has 2 saturated carbocycles. The van der Waals surface area contributed by atoms with Crippen molar-refractivity contribution >= 4 is 11.9 Å². The molecule has 2 aliphatic rings. The highest BCUT2D eigenvalue weighted by molar-refractivity contribution is 5.89. The van der Waals surface area contributed by atoms with Crippen molar-refractivity contribution in [3.8, 4) is 0 Å². The Kier molecular flexibility index (Phi) is 3.17. The fourth-order valence-corrected chi connectivity index (χ4v) is 2.15. The molecule has 0 radical (unpaired) electrons. The second-order valence-electron chi connectivity index (χ2n) is 5.08. The molecule has 0 aromatic rings. The summed E-state index contributed by atoms with van der Waals surface area (Å²) in [5, 5.41) is 11.7. The molecule has 3 atom stereocenters. The zero-order valence-electron chi connectivity index (χ0n) is 9.61. The second-order valence-corrected chi connectivity index (χ2v) is 5.08. The summed E-state index contributed by atoms with van der Waals surface area (Å²) in [6.07, 6.45) is 5.08. The Labute approximate surface area is 95.4 Å². The van der Waals surface area contributed by atoms with E-state index in [1.54, 1.807) is 0 Å². The van der Waals surface area contributed by atoms with Crippen LogP contribution in [0, 0.1) is 17.8 Å². The van der Waals surface area contributed by atoms with Crippen LogP contribution in [0.25, 0.3) is 0 Å². The molecular weight excluding hydrogens is 206 g/mol. The predicted molar refractivity (Wildman–Crippen MR) is 58.8 cm³/mol. The first-order valence-corrected chi connectivity index (χ1v) is 6.15. The van der Waals surface area contributed by atoms with Crippen LogP contribution < -0.4 is 5.32 Å². The van der Waals surface area contributed by atoms with Gasteiger partial charge < -0.3 is 10.4 Å². The summed E-state index contributed by atoms with van der Waals surface area (Å²) in [6, 6.07) is 0.245. The van der Waals surface area contributed by atoms with Gasteiger partial charge in [0.05, 0.1) is 11.8 Å². The van der Waals surface area contributed by atoms with Gasteiger partial charge in [-0.15, -0.1) is 0 Å². The van der Waals surface area contributed by atoms with Gasteiger partial charge in [0.25, 0.3) is 0 Å². The molecule has 0 heterocycles. The molecule has 0 saturated heterocycles. The van der Waals surface area contributed by atoms with Crippen molar-refractivity contribution in [3.63, 3.8) is 0 Å². The summed E-state index contributed by atoms with van der Waals surface area (Å²) < 4.78 is 0. The monoisotopic (exact) mass is 225 g/mol. The highest BCUT2D eigenvalue weighted by Gasteiger charge is 2.48. The number of carboxylic acid groups (broad SMARTS) is 1. The van der Waals surface area contributed by atoms with Gasteiger partial charge in [0.15, 0.2) is 0 Å². The molecule has 16 heavy (non-hydrogen) atoms. The Balaban J connectivity index is 1.75. The van der Waals surface area contributed by atoms with E-state index in [-0.39, 0.29) is 17.9 Å². The predicted octanol–water partition coefficient (Wildman–Crippen LogP) is 1.40. The van der Waals surface area contributed by atoms with Crippen LogP contribution in [0.3, 0.4) is 0 Å². The Bertz CT molecular complexity index is 299. The number of carbonyl (C=O) groups excluding carboxylic acids is 1. The van der Waals surface area contributed by atoms with E-state index in [9.17, 15) is 9.59 Å². The molecule has 0 aromatic carbocycles. The number of hydrogen-bond donors (Lipinski definition) is 2. The van der Waals surface area contributed by atoms with E-state index in [2.05, 4.69) is 12.2 Å². The van der Waals surface area contributed by atoms with Crippen LogP contribution in [-0.4, -0.2) is 23.0 Å². The summed E-state index contributed by atoms with van der Waals surface area (Å²) >= 11 is 0. The maximum Gasteiger partial charge on any atom is 0.307 e. The number of carbonyl (C=O) groups is 2. The van der Waals surface area contributed by atoms with Gasteiger partial charge in [-0.05, 0) is 25.2 Å². The van der Waals surface area contributed by atoms with Crippen LogP contribution in [0.5, 0.6) is 0 Å². The SMILES string of the molecule is CCC(CC1CC1)NC(=O)[C@@H]1C[C@@H]1C(=O)O. The van der Waals surface area contributed by atoms with Crippen molar-refractivity contribution in [2.75, 3.05) is 0 Å². The molecule has 2 aliphatic carbocycles. The minimum absolute atomic E-state index is 0.0556. The maximum absolute atomic E-state index is 11.7. The van der Waals surface area contributed by atoms with E-state index in [0.717, 1.165) is 18.8 Å². The fraction of sp³-hybridized carbons (Fsp3) is 0.833. The van der Waals surface area contributed by atoms with Gasteiger partial charge in [-0.3, -0.25) is 9.59 Å². The third-order valence-corrected chi connectivity index (χ3v) is 3.60. The van der Waals surface area contributed by atoms with Gasteiger partial charge in [0.1, 0.15) is 0 Å². The number of amides is 1. The van der Waals surface area contributed by atoms with Gasteiger partial charge in [0, 0.05) is 6.04 Å². The van der Waals surface area contributed by atoms with Crippen molar-refractivity contribution in [3.05, 3.63) is 0 Å². The van der Waals surface area contributed by atoms with Crippen LogP contribution in [0.15, 0.2) is 0 Å². The van der Waals surface area contributed by atoms with E-state index in [1.807, 2.05) is 0 Å². The van der Waals surface area contributed by atoms with Crippen molar-refractivity contribution in [2.45, 2.75) is 45.1 Å². The van der Waals surface area contributed by atoms with Crippen molar-refractivity contribution in [1.82, 2.24) is 5.32 Å². The van der Waals surface area contributed by atoms with Crippen molar-refractivity contribution < 1.29 is 14.7 Å². The molecule has 2 rings (SSSR count). The van der Waals surface area contributed by atoms with Crippen LogP contribution in [0.4, 0.5) is 0 Å². The standard InChI is InChI=1S/C12H19NO3/c1-2-8(5-7-3-4-7)13-11(14)9-6-10(9)12(15)16/h7-10H,2-6H2,1H3,(H,13,14)(H,15,16)/t8?,9-,10+/m1/s1. The van der Waals surface area contributed by atoms with E-state index >= 15 is 0 Å². The molecule has 0 aliphatic heterocycles. The van der Waals surface area contributed by atoms with E-state index in [1.165, 1.54) is 12.8 Å². The lowest BCUT2D eigenvalue weighted by atomic mass is 10.1. The van der Waals surface area contributed by atoms with Crippen LogP contribution in [0.1, 0.15) is 39.0 Å². The van der Waals surface area contributed by atoms with Crippen LogP contribution >= 0.6 is 0 Å². The summed E-state index contributed by atoms with van der Waals surface area (Å²) in [5.74, 6) is -0.806. The number of hydrogen-bond acceptors (Lipinski definition) is 2. The Morgan fingerprint density at radius 1 is 1.38 bits per heavy atom. The zero-order chi connectivity index (χ0) is 11.7. The molecular formula is C12H19NO3. The molecule has 2 N–H and O–H groups in total. The maximum atomic E-state index is 11.7. The smallest absolute Gasteiger partial charge is 0.307 e. The van der Waals surface area contributed by atoms with Crippen molar-refractivity contribution in [1.29, 1.82) is 0 Å². The van der Waals surface area contributed by atoms with Gasteiger partial charge in [0.2, 0.25) is 5.91 Å². The lowest BCUT2D eigenvalue weighted by Crippen LogP contribution is -2.36. The summed E-state index contributed by atoms with van der Waals surface area (Å²) in [7, 11) is 0. The Hall–Kier alpha value is -1.06. The molecule has 0 bridgehead atoms. The normalized spacial score (nSPS) is 29.6. The number of aliphatic carboxylic acids is 1. The number of carboxylic acids is 1. The first-order chi connectivity index (χ1) is 7.61. The minimum Gasteiger partial charge on any atom is -0.481 e. The largest absolute Gasteiger partial charge is 0.481 e. The highest BCUT2D eigenvalue weighted by atomic mass is 16.4. The average Bonchev–Trinajstić information content (AvgIpc) is 3.10. The molecule has 90 valence electrons. The number of nitrogens with one attached hydrogen (secondary N) is 1. The molecule has 2 fully saturated rings. The summed E-state index contributed by atoms with van der Waals surface area (Å²) in [5.41, 5.74) is 0. The van der Waals surface area contributed by atoms with E-state index < -0.39 is 11.9 Å². The lowest BCUT2D eigenvalue weighted by Gasteiger charge is -2.16. The van der Waals surface area contributed by atoms with Gasteiger partial charge in [-0.2, -0.15) is 0 Å². The lowest BCUT2D eigenvalue weighted by molar-refractivity contribution is -0.140. The fourth-order valence-electron chi connectivity index (χ4n) is 2.15. The van der Waals surface area contributed by atoms with Crippen LogP contribution in [-0.2, 0) is 9.59 Å². The first-order valence-electron chi connectivity index (χ1n) is 6.15. The third-order valence-electron chi connectivity index (χ3n) is 3.60. The summed E-state index contributed by atoms with van der Waals surface area (Å²) in [4.78, 5) is 22.4. The van der Waals surface area contributed by atoms with Gasteiger partial charge in [-0.25, -0.2) is 0 Å². The molecule has 1 unspecified atom stereocenters. The van der Waals surface area contributed by atoms with Gasteiger partial charge >= 0.3 is 5.97 Å². The molecule has 4 nitrogen and oxygen atoms in total. The quantitative estimate of drug-likeness (QED) is 0.718. The zero-order valence-corrected chi connectivity index (χ0v) is 9.61. The minimum atomic E-state index is -0.838. The first kappa shape index (κ1) is 11.4. The summed E-state index contributed by atoms with van der Waals surface area (Å²) in [6.45, 7) is 2.06. The molecule has 1 amide bonds. The van der Waals surface area contributed by atoms with Crippen molar-refractivity contribution in [2.24, 2.45) is 17.8 Å². The average molecular weight is 225 g/mol. The number of rotatable bonds is 6. The second kappa shape index (κ2) is 4.44. The van der Waals surface area contributed by atoms with E-state index in [4.69, 9.17) is 5.11 Å². The highest BCUT2D eigenvalue weighted by Crippen LogP contribution is 2.39. The van der Waals surface area contributed by atoms with Crippen LogP contribution in [0.2, 0.25) is 0 Å². The van der Waals surface area contributed by atoms with Gasteiger partial charge in [-0.1, -0.05) is 19.8 Å². The Morgan fingerprint density at radius 3 is 2.50 bits per heavy atom. The Morgan fingerprint density at radius 2 is 2.06 bits per heavy atom. The molecule has 4 heteroatoms.